The van der Waals surface area contributed by atoms with E-state index in [4.69, 9.17) is 13.9 Å². The van der Waals surface area contributed by atoms with Crippen LogP contribution in [-0.2, 0) is 9.53 Å². The van der Waals surface area contributed by atoms with Crippen molar-refractivity contribution >= 4 is 12.0 Å². The zero-order chi connectivity index (χ0) is 18.4. The van der Waals surface area contributed by atoms with Crippen LogP contribution in [0.15, 0.2) is 65.1 Å². The summed E-state index contributed by atoms with van der Waals surface area (Å²) in [6.07, 6.45) is 2.35. The Hall–Kier alpha value is -3.41. The molecule has 0 saturated carbocycles. The summed E-state index contributed by atoms with van der Waals surface area (Å²) in [5.41, 5.74) is 1.64. The fourth-order valence-corrected chi connectivity index (χ4v) is 2.27. The highest BCUT2D eigenvalue weighted by molar-refractivity contribution is 5.87. The SMILES string of the molecule is COc1cccc(/C=C/C(=O)O[C@@H](C)c2nnc(-c3ccccc3)o2)c1. The molecule has 3 rings (SSSR count). The molecule has 0 aliphatic carbocycles. The van der Waals surface area contributed by atoms with Gasteiger partial charge in [0, 0.05) is 11.6 Å². The van der Waals surface area contributed by atoms with E-state index in [1.54, 1.807) is 20.1 Å². The summed E-state index contributed by atoms with van der Waals surface area (Å²) in [7, 11) is 1.59. The standard InChI is InChI=1S/C20H18N2O4/c1-14(19-21-22-20(26-19)16-8-4-3-5-9-16)25-18(23)12-11-15-7-6-10-17(13-15)24-2/h3-14H,1-2H3/b12-11+/t14-/m0/s1. The van der Waals surface area contributed by atoms with E-state index in [9.17, 15) is 4.79 Å². The van der Waals surface area contributed by atoms with Crippen molar-refractivity contribution in [3.8, 4) is 17.2 Å². The third kappa shape index (κ3) is 4.36. The Balaban J connectivity index is 1.62. The maximum atomic E-state index is 12.0. The number of hydrogen-bond donors (Lipinski definition) is 0. The van der Waals surface area contributed by atoms with Crippen molar-refractivity contribution in [3.05, 3.63) is 72.1 Å². The molecule has 0 amide bonds. The second-order valence-corrected chi connectivity index (χ2v) is 5.50. The number of rotatable bonds is 6. The maximum Gasteiger partial charge on any atom is 0.331 e. The van der Waals surface area contributed by atoms with E-state index in [1.165, 1.54) is 6.08 Å². The lowest BCUT2D eigenvalue weighted by atomic mass is 10.2. The summed E-state index contributed by atoms with van der Waals surface area (Å²) in [6, 6.07) is 16.7. The number of esters is 1. The highest BCUT2D eigenvalue weighted by Crippen LogP contribution is 2.22. The zero-order valence-corrected chi connectivity index (χ0v) is 14.5. The average molecular weight is 350 g/mol. The lowest BCUT2D eigenvalue weighted by molar-refractivity contribution is -0.143. The van der Waals surface area contributed by atoms with Crippen LogP contribution in [0.4, 0.5) is 0 Å². The molecule has 6 heteroatoms. The molecule has 0 radical (unpaired) electrons. The van der Waals surface area contributed by atoms with Gasteiger partial charge in [0.25, 0.3) is 5.89 Å². The molecular formula is C20H18N2O4. The molecule has 3 aromatic rings. The third-order valence-corrected chi connectivity index (χ3v) is 3.61. The molecule has 0 spiro atoms. The van der Waals surface area contributed by atoms with Crippen LogP contribution in [-0.4, -0.2) is 23.3 Å². The minimum absolute atomic E-state index is 0.243. The van der Waals surface area contributed by atoms with Crippen molar-refractivity contribution in [2.24, 2.45) is 0 Å². The Morgan fingerprint density at radius 2 is 1.92 bits per heavy atom. The van der Waals surface area contributed by atoms with Gasteiger partial charge in [0.1, 0.15) is 5.75 Å². The van der Waals surface area contributed by atoms with Gasteiger partial charge in [-0.25, -0.2) is 4.79 Å². The predicted molar refractivity (Wildman–Crippen MR) is 96.3 cm³/mol. The molecule has 0 saturated heterocycles. The minimum Gasteiger partial charge on any atom is -0.497 e. The first-order chi connectivity index (χ1) is 12.7. The lowest BCUT2D eigenvalue weighted by Crippen LogP contribution is -2.06. The molecule has 0 aliphatic rings. The van der Waals surface area contributed by atoms with Crippen LogP contribution >= 0.6 is 0 Å². The number of hydrogen-bond acceptors (Lipinski definition) is 6. The van der Waals surface area contributed by atoms with Gasteiger partial charge in [-0.1, -0.05) is 30.3 Å². The summed E-state index contributed by atoms with van der Waals surface area (Å²) in [5, 5.41) is 7.94. The van der Waals surface area contributed by atoms with Gasteiger partial charge in [0.2, 0.25) is 5.89 Å². The van der Waals surface area contributed by atoms with Crippen LogP contribution in [0, 0.1) is 0 Å². The second kappa shape index (κ2) is 8.11. The maximum absolute atomic E-state index is 12.0. The second-order valence-electron chi connectivity index (χ2n) is 5.50. The first kappa shape index (κ1) is 17.4. The molecule has 1 heterocycles. The first-order valence-electron chi connectivity index (χ1n) is 8.07. The summed E-state index contributed by atoms with van der Waals surface area (Å²) in [6.45, 7) is 1.68. The number of ether oxygens (including phenoxy) is 2. The Morgan fingerprint density at radius 1 is 1.12 bits per heavy atom. The van der Waals surface area contributed by atoms with Crippen molar-refractivity contribution < 1.29 is 18.7 Å². The quantitative estimate of drug-likeness (QED) is 0.493. The Bertz CT molecular complexity index is 903. The highest BCUT2D eigenvalue weighted by atomic mass is 16.6. The fourth-order valence-electron chi connectivity index (χ4n) is 2.27. The lowest BCUT2D eigenvalue weighted by Gasteiger charge is -2.06. The van der Waals surface area contributed by atoms with Crippen molar-refractivity contribution in [1.29, 1.82) is 0 Å². The molecule has 26 heavy (non-hydrogen) atoms. The van der Waals surface area contributed by atoms with E-state index in [0.29, 0.717) is 11.6 Å². The number of methoxy groups -OCH3 is 1. The number of aromatic nitrogens is 2. The van der Waals surface area contributed by atoms with Gasteiger partial charge >= 0.3 is 5.97 Å². The molecule has 0 fully saturated rings. The third-order valence-electron chi connectivity index (χ3n) is 3.61. The molecule has 2 aromatic carbocycles. The molecule has 132 valence electrons. The van der Waals surface area contributed by atoms with Gasteiger partial charge in [-0.15, -0.1) is 10.2 Å². The van der Waals surface area contributed by atoms with Crippen LogP contribution in [0.3, 0.4) is 0 Å². The summed E-state index contributed by atoms with van der Waals surface area (Å²) in [5.74, 6) is 0.843. The molecular weight excluding hydrogens is 332 g/mol. The molecule has 6 nitrogen and oxygen atoms in total. The van der Waals surface area contributed by atoms with E-state index < -0.39 is 12.1 Å². The first-order valence-corrected chi connectivity index (χ1v) is 8.07. The van der Waals surface area contributed by atoms with Crippen LogP contribution in [0.1, 0.15) is 24.5 Å². The normalized spacial score (nSPS) is 12.1. The van der Waals surface area contributed by atoms with Gasteiger partial charge in [-0.3, -0.25) is 0 Å². The van der Waals surface area contributed by atoms with Crippen LogP contribution < -0.4 is 4.74 Å². The van der Waals surface area contributed by atoms with E-state index in [0.717, 1.165) is 11.1 Å². The Kier molecular flexibility index (Phi) is 5.43. The molecule has 0 unspecified atom stereocenters. The van der Waals surface area contributed by atoms with E-state index >= 15 is 0 Å². The van der Waals surface area contributed by atoms with Gasteiger partial charge in [0.05, 0.1) is 7.11 Å². The average Bonchev–Trinajstić information content (AvgIpc) is 3.18. The highest BCUT2D eigenvalue weighted by Gasteiger charge is 2.17. The molecule has 1 atom stereocenters. The number of nitrogens with zero attached hydrogens (tertiary/aromatic N) is 2. The monoisotopic (exact) mass is 350 g/mol. The topological polar surface area (TPSA) is 74.5 Å². The van der Waals surface area contributed by atoms with Crippen LogP contribution in [0.5, 0.6) is 5.75 Å². The molecule has 0 bridgehead atoms. The number of carbonyl (C=O) groups is 1. The Labute approximate surface area is 151 Å². The van der Waals surface area contributed by atoms with Crippen molar-refractivity contribution in [2.45, 2.75) is 13.0 Å². The smallest absolute Gasteiger partial charge is 0.331 e. The van der Waals surface area contributed by atoms with E-state index in [1.807, 2.05) is 54.6 Å². The van der Waals surface area contributed by atoms with Gasteiger partial charge in [-0.2, -0.15) is 0 Å². The minimum atomic E-state index is -0.651. The fraction of sp³-hybridized carbons (Fsp3) is 0.150. The van der Waals surface area contributed by atoms with Crippen LogP contribution in [0.25, 0.3) is 17.5 Å². The molecule has 0 N–H and O–H groups in total. The Morgan fingerprint density at radius 3 is 2.69 bits per heavy atom. The van der Waals surface area contributed by atoms with Crippen molar-refractivity contribution in [3.63, 3.8) is 0 Å². The zero-order valence-electron chi connectivity index (χ0n) is 14.5. The van der Waals surface area contributed by atoms with Gasteiger partial charge in [-0.05, 0) is 42.8 Å². The number of carbonyl (C=O) groups excluding carboxylic acids is 1. The molecule has 1 aromatic heterocycles. The molecule has 0 aliphatic heterocycles. The van der Waals surface area contributed by atoms with E-state index in [2.05, 4.69) is 10.2 Å². The predicted octanol–water partition coefficient (Wildman–Crippen LogP) is 4.06. The van der Waals surface area contributed by atoms with Crippen molar-refractivity contribution in [1.82, 2.24) is 10.2 Å². The van der Waals surface area contributed by atoms with E-state index in [-0.39, 0.29) is 5.89 Å². The van der Waals surface area contributed by atoms with Gasteiger partial charge in [0.15, 0.2) is 6.10 Å². The van der Waals surface area contributed by atoms with Crippen molar-refractivity contribution in [2.75, 3.05) is 7.11 Å². The van der Waals surface area contributed by atoms with Crippen LogP contribution in [0.2, 0.25) is 0 Å². The van der Waals surface area contributed by atoms with Gasteiger partial charge < -0.3 is 13.9 Å². The largest absolute Gasteiger partial charge is 0.497 e. The summed E-state index contributed by atoms with van der Waals surface area (Å²) < 4.78 is 16.0. The summed E-state index contributed by atoms with van der Waals surface area (Å²) >= 11 is 0. The summed E-state index contributed by atoms with van der Waals surface area (Å²) in [4.78, 5) is 12.0. The number of benzene rings is 2.